The molecule has 4 heteroatoms. The Morgan fingerprint density at radius 3 is 2.64 bits per heavy atom. The maximum atomic E-state index is 6.31. The van der Waals surface area contributed by atoms with E-state index < -0.39 is 0 Å². The fraction of sp³-hybridized carbons (Fsp3) is 0.400. The molecule has 1 heterocycles. The van der Waals surface area contributed by atoms with Gasteiger partial charge < -0.3 is 0 Å². The van der Waals surface area contributed by atoms with Gasteiger partial charge >= 0.3 is 0 Å². The predicted molar refractivity (Wildman–Crippen MR) is 65.7 cm³/mol. The molecule has 0 saturated carbocycles. The quantitative estimate of drug-likeness (QED) is 0.665. The number of alkyl halides is 2. The summed E-state index contributed by atoms with van der Waals surface area (Å²) in [5, 5.41) is 0.985. The third-order valence-corrected chi connectivity index (χ3v) is 5.93. The Balaban J connectivity index is 2.26. The fourth-order valence-corrected chi connectivity index (χ4v) is 3.77. The maximum absolute atomic E-state index is 6.31. The number of thioether (sulfide) groups is 1. The molecule has 0 aliphatic carbocycles. The van der Waals surface area contributed by atoms with Gasteiger partial charge in [0.05, 0.1) is 14.8 Å². The van der Waals surface area contributed by atoms with Gasteiger partial charge in [-0.1, -0.05) is 23.7 Å². The molecule has 0 nitrogen and oxygen atoms in total. The first-order valence-corrected chi connectivity index (χ1v) is 6.39. The highest BCUT2D eigenvalue weighted by atomic mass is 35.5. The van der Waals surface area contributed by atoms with E-state index in [9.17, 15) is 0 Å². The minimum Gasteiger partial charge on any atom is -0.130 e. The van der Waals surface area contributed by atoms with E-state index in [1.807, 2.05) is 31.2 Å². The molecule has 76 valence electrons. The molecule has 3 unspecified atom stereocenters. The molecule has 14 heavy (non-hydrogen) atoms. The molecule has 0 aromatic heterocycles. The maximum Gasteiger partial charge on any atom is 0.0998 e. The zero-order chi connectivity index (χ0) is 10.3. The van der Waals surface area contributed by atoms with Crippen molar-refractivity contribution in [2.24, 2.45) is 0 Å². The van der Waals surface area contributed by atoms with Gasteiger partial charge in [-0.25, -0.2) is 0 Å². The molecule has 0 radical (unpaired) electrons. The lowest BCUT2D eigenvalue weighted by Crippen LogP contribution is -2.43. The SMILES string of the molecule is CC1(Cl)C(Cl)SC1c1cccc(Cl)c1. The third kappa shape index (κ3) is 1.76. The number of benzene rings is 1. The van der Waals surface area contributed by atoms with E-state index in [1.165, 1.54) is 0 Å². The molecular weight excluding hydrogens is 259 g/mol. The Morgan fingerprint density at radius 2 is 2.14 bits per heavy atom. The summed E-state index contributed by atoms with van der Waals surface area (Å²) in [6.45, 7) is 1.97. The van der Waals surface area contributed by atoms with E-state index in [-0.39, 0.29) is 14.8 Å². The second-order valence-corrected chi connectivity index (χ2v) is 6.70. The largest absolute Gasteiger partial charge is 0.130 e. The second-order valence-electron chi connectivity index (χ2n) is 3.54. The van der Waals surface area contributed by atoms with Crippen molar-refractivity contribution in [3.63, 3.8) is 0 Å². The van der Waals surface area contributed by atoms with Gasteiger partial charge in [0, 0.05) is 5.02 Å². The highest BCUT2D eigenvalue weighted by Crippen LogP contribution is 2.61. The van der Waals surface area contributed by atoms with Crippen molar-refractivity contribution in [2.45, 2.75) is 21.8 Å². The van der Waals surface area contributed by atoms with Crippen LogP contribution in [-0.4, -0.2) is 9.58 Å². The molecule has 1 aromatic carbocycles. The van der Waals surface area contributed by atoms with Crippen molar-refractivity contribution >= 4 is 46.6 Å². The van der Waals surface area contributed by atoms with Gasteiger partial charge in [-0.2, -0.15) is 0 Å². The Kier molecular flexibility index (Phi) is 2.96. The van der Waals surface area contributed by atoms with Gasteiger partial charge in [0.1, 0.15) is 0 Å². The van der Waals surface area contributed by atoms with E-state index in [0.29, 0.717) is 0 Å². The van der Waals surface area contributed by atoms with Crippen molar-refractivity contribution in [1.29, 1.82) is 0 Å². The first-order chi connectivity index (χ1) is 6.51. The summed E-state index contributed by atoms with van der Waals surface area (Å²) >= 11 is 19.9. The van der Waals surface area contributed by atoms with Crippen LogP contribution in [0.15, 0.2) is 24.3 Å². The highest BCUT2D eigenvalue weighted by Gasteiger charge is 2.51. The molecule has 0 amide bonds. The molecule has 0 N–H and O–H groups in total. The molecule has 1 fully saturated rings. The lowest BCUT2D eigenvalue weighted by Gasteiger charge is -2.46. The van der Waals surface area contributed by atoms with E-state index in [4.69, 9.17) is 34.8 Å². The average Bonchev–Trinajstić information content (AvgIpc) is 2.14. The first-order valence-electron chi connectivity index (χ1n) is 4.25. The van der Waals surface area contributed by atoms with Crippen LogP contribution in [0.25, 0.3) is 0 Å². The van der Waals surface area contributed by atoms with Crippen LogP contribution < -0.4 is 0 Å². The summed E-state index contributed by atoms with van der Waals surface area (Å²) in [7, 11) is 0. The Labute approximate surface area is 103 Å². The molecule has 0 bridgehead atoms. The topological polar surface area (TPSA) is 0 Å². The Hall–Kier alpha value is 0.440. The molecule has 1 aliphatic heterocycles. The molecule has 1 aromatic rings. The fourth-order valence-electron chi connectivity index (χ4n) is 1.51. The van der Waals surface area contributed by atoms with Crippen molar-refractivity contribution in [3.8, 4) is 0 Å². The summed E-state index contributed by atoms with van der Waals surface area (Å²) in [6.07, 6.45) is 0. The molecular formula is C10H9Cl3S. The second kappa shape index (κ2) is 3.79. The van der Waals surface area contributed by atoms with Crippen LogP contribution in [0, 0.1) is 0 Å². The van der Waals surface area contributed by atoms with Crippen molar-refractivity contribution in [2.75, 3.05) is 0 Å². The standard InChI is InChI=1S/C10H9Cl3S/c1-10(13)8(14-9(10)12)6-3-2-4-7(11)5-6/h2-5,8-9H,1H3. The Bertz CT molecular complexity index is 351. The summed E-state index contributed by atoms with van der Waals surface area (Å²) in [5.41, 5.74) is 1.15. The molecule has 1 aliphatic rings. The zero-order valence-electron chi connectivity index (χ0n) is 7.51. The van der Waals surface area contributed by atoms with Crippen LogP contribution in [0.5, 0.6) is 0 Å². The van der Waals surface area contributed by atoms with E-state index in [0.717, 1.165) is 10.6 Å². The van der Waals surface area contributed by atoms with Crippen molar-refractivity contribution in [1.82, 2.24) is 0 Å². The highest BCUT2D eigenvalue weighted by molar-refractivity contribution is 8.03. The number of halogens is 3. The molecule has 0 spiro atoms. The van der Waals surface area contributed by atoms with Gasteiger partial charge in [-0.05, 0) is 24.6 Å². The monoisotopic (exact) mass is 266 g/mol. The Morgan fingerprint density at radius 1 is 1.43 bits per heavy atom. The van der Waals surface area contributed by atoms with Crippen LogP contribution >= 0.6 is 46.6 Å². The minimum absolute atomic E-state index is 0.0202. The number of rotatable bonds is 1. The summed E-state index contributed by atoms with van der Waals surface area (Å²) < 4.78 is -0.0202. The van der Waals surface area contributed by atoms with Gasteiger partial charge in [0.2, 0.25) is 0 Å². The smallest absolute Gasteiger partial charge is 0.0998 e. The van der Waals surface area contributed by atoms with Crippen molar-refractivity contribution < 1.29 is 0 Å². The van der Waals surface area contributed by atoms with Crippen LogP contribution in [0.2, 0.25) is 5.02 Å². The summed E-state index contributed by atoms with van der Waals surface area (Å²) in [6, 6.07) is 7.78. The average molecular weight is 268 g/mol. The van der Waals surface area contributed by atoms with Crippen LogP contribution in [0.3, 0.4) is 0 Å². The van der Waals surface area contributed by atoms with E-state index >= 15 is 0 Å². The predicted octanol–water partition coefficient (Wildman–Crippen LogP) is 4.69. The minimum atomic E-state index is -0.364. The van der Waals surface area contributed by atoms with E-state index in [1.54, 1.807) is 11.8 Å². The van der Waals surface area contributed by atoms with E-state index in [2.05, 4.69) is 0 Å². The van der Waals surface area contributed by atoms with Crippen molar-refractivity contribution in [3.05, 3.63) is 34.9 Å². The summed E-state index contributed by atoms with van der Waals surface area (Å²) in [4.78, 5) is -0.364. The van der Waals surface area contributed by atoms with Crippen LogP contribution in [0.4, 0.5) is 0 Å². The van der Waals surface area contributed by atoms with Gasteiger partial charge in [0.15, 0.2) is 0 Å². The normalized spacial score (nSPS) is 36.6. The number of hydrogen-bond donors (Lipinski definition) is 0. The van der Waals surface area contributed by atoms with Crippen LogP contribution in [0.1, 0.15) is 17.7 Å². The molecule has 3 atom stereocenters. The number of hydrogen-bond acceptors (Lipinski definition) is 1. The first kappa shape index (κ1) is 10.9. The van der Waals surface area contributed by atoms with Gasteiger partial charge in [-0.3, -0.25) is 0 Å². The van der Waals surface area contributed by atoms with Gasteiger partial charge in [0.25, 0.3) is 0 Å². The lowest BCUT2D eigenvalue weighted by atomic mass is 10.00. The van der Waals surface area contributed by atoms with Gasteiger partial charge in [-0.15, -0.1) is 35.0 Å². The molecule has 2 rings (SSSR count). The summed E-state index contributed by atoms with van der Waals surface area (Å²) in [5.74, 6) is 0. The van der Waals surface area contributed by atoms with Crippen LogP contribution in [-0.2, 0) is 0 Å². The third-order valence-electron chi connectivity index (χ3n) is 2.36. The molecule has 1 saturated heterocycles. The lowest BCUT2D eigenvalue weighted by molar-refractivity contribution is 0.613. The zero-order valence-corrected chi connectivity index (χ0v) is 10.6.